The molecule has 0 amide bonds. The maximum Gasteiger partial charge on any atom is 0.226 e. The number of fused-ring (bicyclic) bond motifs is 1. The highest BCUT2D eigenvalue weighted by Crippen LogP contribution is 2.16. The van der Waals surface area contributed by atoms with E-state index in [0.717, 1.165) is 5.39 Å². The maximum atomic E-state index is 10.8. The number of furan rings is 1. The molecule has 66 valence electrons. The first-order valence-electron chi connectivity index (χ1n) is 4.08. The van der Waals surface area contributed by atoms with Crippen molar-refractivity contribution in [3.05, 3.63) is 30.2 Å². The summed E-state index contributed by atoms with van der Waals surface area (Å²) in [7, 11) is 0. The number of carbonyl (C=O) groups excluding carboxylic acids is 1. The summed E-state index contributed by atoms with van der Waals surface area (Å²) >= 11 is 0. The van der Waals surface area contributed by atoms with Gasteiger partial charge in [-0.3, -0.25) is 4.79 Å². The molecule has 0 radical (unpaired) electrons. The lowest BCUT2D eigenvalue weighted by molar-refractivity contribution is -0.116. The zero-order valence-corrected chi connectivity index (χ0v) is 7.28. The minimum absolute atomic E-state index is 0.0963. The molecule has 2 rings (SSSR count). The molecule has 3 heteroatoms. The summed E-state index contributed by atoms with van der Waals surface area (Å²) in [4.78, 5) is 14.8. The minimum atomic E-state index is 0.0963. The highest BCUT2D eigenvalue weighted by atomic mass is 16.3. The molecule has 2 aromatic heterocycles. The Hall–Kier alpha value is -1.64. The summed E-state index contributed by atoms with van der Waals surface area (Å²) in [6.07, 6.45) is 2.01. The van der Waals surface area contributed by atoms with Gasteiger partial charge in [0.1, 0.15) is 11.5 Å². The van der Waals surface area contributed by atoms with E-state index >= 15 is 0 Å². The number of Topliss-reactive ketones (excluding diaryl/α,β-unsaturated/α-hetero) is 1. The Morgan fingerprint density at radius 1 is 1.62 bits per heavy atom. The van der Waals surface area contributed by atoms with Gasteiger partial charge in [-0.25, -0.2) is 4.98 Å². The van der Waals surface area contributed by atoms with E-state index in [-0.39, 0.29) is 5.78 Å². The van der Waals surface area contributed by atoms with Crippen molar-refractivity contribution in [1.82, 2.24) is 4.98 Å². The molecule has 0 bridgehead atoms. The Kier molecular flexibility index (Phi) is 1.85. The summed E-state index contributed by atoms with van der Waals surface area (Å²) < 4.78 is 5.35. The average Bonchev–Trinajstić information content (AvgIpc) is 2.44. The van der Waals surface area contributed by atoms with Crippen LogP contribution < -0.4 is 0 Å². The van der Waals surface area contributed by atoms with Crippen LogP contribution >= 0.6 is 0 Å². The van der Waals surface area contributed by atoms with E-state index < -0.39 is 0 Å². The first-order chi connectivity index (χ1) is 6.25. The van der Waals surface area contributed by atoms with E-state index in [4.69, 9.17) is 4.42 Å². The topological polar surface area (TPSA) is 43.1 Å². The predicted molar refractivity (Wildman–Crippen MR) is 48.4 cm³/mol. The van der Waals surface area contributed by atoms with Crippen LogP contribution in [0.25, 0.3) is 11.1 Å². The van der Waals surface area contributed by atoms with Gasteiger partial charge in [-0.1, -0.05) is 0 Å². The van der Waals surface area contributed by atoms with Crippen molar-refractivity contribution in [1.29, 1.82) is 0 Å². The lowest BCUT2D eigenvalue weighted by Gasteiger charge is -1.87. The second-order valence-electron chi connectivity index (χ2n) is 2.99. The maximum absolute atomic E-state index is 10.8. The van der Waals surface area contributed by atoms with Gasteiger partial charge in [0.25, 0.3) is 0 Å². The lowest BCUT2D eigenvalue weighted by atomic mass is 10.2. The fourth-order valence-electron chi connectivity index (χ4n) is 1.26. The van der Waals surface area contributed by atoms with Gasteiger partial charge < -0.3 is 4.42 Å². The Balaban J connectivity index is 2.44. The van der Waals surface area contributed by atoms with Gasteiger partial charge in [0.2, 0.25) is 5.71 Å². The van der Waals surface area contributed by atoms with Crippen LogP contribution in [0.15, 0.2) is 28.8 Å². The van der Waals surface area contributed by atoms with Crippen LogP contribution in [-0.4, -0.2) is 10.8 Å². The highest BCUT2D eigenvalue weighted by Gasteiger charge is 2.05. The normalized spacial score (nSPS) is 10.5. The summed E-state index contributed by atoms with van der Waals surface area (Å²) in [6, 6.07) is 5.61. The van der Waals surface area contributed by atoms with E-state index in [1.54, 1.807) is 13.1 Å². The molecule has 2 aromatic rings. The van der Waals surface area contributed by atoms with Gasteiger partial charge in [-0.15, -0.1) is 0 Å². The second-order valence-corrected chi connectivity index (χ2v) is 2.99. The number of hydrogen-bond donors (Lipinski definition) is 0. The summed E-state index contributed by atoms with van der Waals surface area (Å²) in [6.45, 7) is 1.54. The molecule has 0 saturated carbocycles. The molecule has 0 unspecified atom stereocenters. The average molecular weight is 175 g/mol. The Morgan fingerprint density at radius 2 is 2.46 bits per heavy atom. The number of hydrogen-bond acceptors (Lipinski definition) is 3. The van der Waals surface area contributed by atoms with Gasteiger partial charge in [0, 0.05) is 11.6 Å². The van der Waals surface area contributed by atoms with Gasteiger partial charge in [0.05, 0.1) is 6.42 Å². The van der Waals surface area contributed by atoms with Crippen molar-refractivity contribution in [3.63, 3.8) is 0 Å². The van der Waals surface area contributed by atoms with Crippen molar-refractivity contribution >= 4 is 16.9 Å². The van der Waals surface area contributed by atoms with Crippen LogP contribution in [0.5, 0.6) is 0 Å². The Labute approximate surface area is 75.4 Å². The van der Waals surface area contributed by atoms with Gasteiger partial charge >= 0.3 is 0 Å². The zero-order chi connectivity index (χ0) is 9.26. The van der Waals surface area contributed by atoms with E-state index in [1.165, 1.54) is 0 Å². The molecular formula is C10H9NO2. The van der Waals surface area contributed by atoms with Crippen molar-refractivity contribution in [2.45, 2.75) is 13.3 Å². The van der Waals surface area contributed by atoms with Crippen LogP contribution in [0.4, 0.5) is 0 Å². The highest BCUT2D eigenvalue weighted by molar-refractivity contribution is 5.80. The number of pyridine rings is 1. The minimum Gasteiger partial charge on any atom is -0.442 e. The van der Waals surface area contributed by atoms with E-state index in [1.807, 2.05) is 18.2 Å². The fourth-order valence-corrected chi connectivity index (χ4v) is 1.26. The molecule has 0 aliphatic rings. The van der Waals surface area contributed by atoms with Crippen LogP contribution in [-0.2, 0) is 11.2 Å². The molecular weight excluding hydrogens is 166 g/mol. The zero-order valence-electron chi connectivity index (χ0n) is 7.28. The number of nitrogens with zero attached hydrogens (tertiary/aromatic N) is 1. The van der Waals surface area contributed by atoms with Crippen LogP contribution in [0, 0.1) is 0 Å². The monoisotopic (exact) mass is 175 g/mol. The molecule has 0 spiro atoms. The molecule has 0 aliphatic heterocycles. The molecule has 2 heterocycles. The number of ketones is 1. The third-order valence-corrected chi connectivity index (χ3v) is 1.77. The van der Waals surface area contributed by atoms with Crippen molar-refractivity contribution < 1.29 is 9.21 Å². The molecule has 3 nitrogen and oxygen atoms in total. The Morgan fingerprint density at radius 3 is 3.15 bits per heavy atom. The number of aromatic nitrogens is 1. The third kappa shape index (κ3) is 1.59. The molecule has 0 aliphatic carbocycles. The quantitative estimate of drug-likeness (QED) is 0.700. The number of rotatable bonds is 2. The van der Waals surface area contributed by atoms with Crippen molar-refractivity contribution in [2.24, 2.45) is 0 Å². The lowest BCUT2D eigenvalue weighted by Crippen LogP contribution is -1.93. The largest absolute Gasteiger partial charge is 0.442 e. The van der Waals surface area contributed by atoms with Crippen molar-refractivity contribution in [3.8, 4) is 0 Å². The molecule has 0 N–H and O–H groups in total. The summed E-state index contributed by atoms with van der Waals surface area (Å²) in [5, 5.41) is 0.943. The molecule has 0 fully saturated rings. The number of carbonyl (C=O) groups is 1. The van der Waals surface area contributed by atoms with Crippen LogP contribution in [0.1, 0.15) is 12.7 Å². The van der Waals surface area contributed by atoms with E-state index in [0.29, 0.717) is 17.9 Å². The van der Waals surface area contributed by atoms with Crippen LogP contribution in [0.3, 0.4) is 0 Å². The standard InChI is InChI=1S/C10H9NO2/c1-7(12)5-9-6-8-3-2-4-11-10(8)13-9/h2-4,6H,5H2,1H3. The SMILES string of the molecule is CC(=O)Cc1cc2cccnc2o1. The summed E-state index contributed by atoms with van der Waals surface area (Å²) in [5.41, 5.74) is 0.596. The molecule has 13 heavy (non-hydrogen) atoms. The Bertz CT molecular complexity index is 412. The fraction of sp³-hybridized carbons (Fsp3) is 0.200. The smallest absolute Gasteiger partial charge is 0.226 e. The molecule has 0 aromatic carbocycles. The van der Waals surface area contributed by atoms with E-state index in [2.05, 4.69) is 4.98 Å². The van der Waals surface area contributed by atoms with E-state index in [9.17, 15) is 4.79 Å². The van der Waals surface area contributed by atoms with Gasteiger partial charge in [-0.05, 0) is 25.1 Å². The van der Waals surface area contributed by atoms with Crippen molar-refractivity contribution in [2.75, 3.05) is 0 Å². The third-order valence-electron chi connectivity index (χ3n) is 1.77. The summed E-state index contributed by atoms with van der Waals surface area (Å²) in [5.74, 6) is 0.778. The second kappa shape index (κ2) is 3.01. The first kappa shape index (κ1) is 7.98. The predicted octanol–water partition coefficient (Wildman–Crippen LogP) is 1.96. The molecule has 0 atom stereocenters. The van der Waals surface area contributed by atoms with Gasteiger partial charge in [-0.2, -0.15) is 0 Å². The van der Waals surface area contributed by atoms with Crippen LogP contribution in [0.2, 0.25) is 0 Å². The molecule has 0 saturated heterocycles. The van der Waals surface area contributed by atoms with Gasteiger partial charge in [0.15, 0.2) is 0 Å². The first-order valence-corrected chi connectivity index (χ1v) is 4.08.